The molecule has 0 saturated carbocycles. The first-order valence-corrected chi connectivity index (χ1v) is 10.8. The molecule has 1 aliphatic rings. The summed E-state index contributed by atoms with van der Waals surface area (Å²) < 4.78 is 1.75. The summed E-state index contributed by atoms with van der Waals surface area (Å²) in [6, 6.07) is 16.3. The highest BCUT2D eigenvalue weighted by Crippen LogP contribution is 2.32. The third-order valence-electron chi connectivity index (χ3n) is 5.37. The van der Waals surface area contributed by atoms with Gasteiger partial charge in [0.1, 0.15) is 5.82 Å². The number of hydrogen-bond acceptors (Lipinski definition) is 5. The molecule has 29 heavy (non-hydrogen) atoms. The molecule has 0 bridgehead atoms. The number of para-hydroxylation sites is 2. The largest absolute Gasteiger partial charge is 0.309 e. The topological polar surface area (TPSA) is 63.4 Å². The molecule has 3 heterocycles. The third-order valence-corrected chi connectivity index (χ3v) is 6.29. The Balaban J connectivity index is 1.47. The quantitative estimate of drug-likeness (QED) is 0.381. The Morgan fingerprint density at radius 3 is 2.83 bits per heavy atom. The molecule has 2 aromatic carbocycles. The van der Waals surface area contributed by atoms with E-state index in [9.17, 15) is 4.79 Å². The molecule has 4 aromatic rings. The minimum atomic E-state index is 0.0922. The van der Waals surface area contributed by atoms with Crippen molar-refractivity contribution < 1.29 is 4.79 Å². The highest BCUT2D eigenvalue weighted by molar-refractivity contribution is 7.99. The summed E-state index contributed by atoms with van der Waals surface area (Å²) in [7, 11) is 0. The lowest BCUT2D eigenvalue weighted by molar-refractivity contribution is -0.116. The van der Waals surface area contributed by atoms with Gasteiger partial charge in [-0.25, -0.2) is 9.97 Å². The Bertz CT molecular complexity index is 1230. The van der Waals surface area contributed by atoms with E-state index in [1.54, 1.807) is 4.52 Å². The second-order valence-corrected chi connectivity index (χ2v) is 8.32. The van der Waals surface area contributed by atoms with Crippen LogP contribution in [-0.4, -0.2) is 37.3 Å². The van der Waals surface area contributed by atoms with Crippen molar-refractivity contribution >= 4 is 39.9 Å². The van der Waals surface area contributed by atoms with Gasteiger partial charge in [0, 0.05) is 17.1 Å². The maximum atomic E-state index is 13.2. The summed E-state index contributed by atoms with van der Waals surface area (Å²) in [6.45, 7) is 3.99. The zero-order valence-electron chi connectivity index (χ0n) is 16.4. The molecule has 1 atom stereocenters. The molecule has 0 spiro atoms. The minimum absolute atomic E-state index is 0.0922. The fraction of sp³-hybridized carbons (Fsp3) is 0.273. The molecule has 7 heteroatoms. The van der Waals surface area contributed by atoms with Crippen LogP contribution >= 0.6 is 11.8 Å². The number of carbonyl (C=O) groups excluding carboxylic acids is 1. The summed E-state index contributed by atoms with van der Waals surface area (Å²) in [4.78, 5) is 24.4. The van der Waals surface area contributed by atoms with Crippen molar-refractivity contribution in [2.45, 2.75) is 37.9 Å². The zero-order valence-corrected chi connectivity index (χ0v) is 17.2. The van der Waals surface area contributed by atoms with E-state index >= 15 is 0 Å². The van der Waals surface area contributed by atoms with Crippen LogP contribution in [0.25, 0.3) is 16.6 Å². The number of nitrogens with zero attached hydrogens (tertiary/aromatic N) is 5. The Hall–Kier alpha value is -2.93. The lowest BCUT2D eigenvalue weighted by Crippen LogP contribution is -2.43. The van der Waals surface area contributed by atoms with Crippen LogP contribution in [0.5, 0.6) is 0 Å². The molecule has 0 aliphatic carbocycles. The average molecular weight is 404 g/mol. The Labute approximate surface area is 173 Å². The van der Waals surface area contributed by atoms with Crippen LogP contribution in [0.1, 0.15) is 24.7 Å². The van der Waals surface area contributed by atoms with E-state index in [-0.39, 0.29) is 11.9 Å². The molecule has 2 aromatic heterocycles. The number of fused-ring (bicyclic) bond motifs is 4. The van der Waals surface area contributed by atoms with E-state index in [1.807, 2.05) is 54.3 Å². The number of hydrogen-bond donors (Lipinski definition) is 0. The molecule has 1 aliphatic heterocycles. The van der Waals surface area contributed by atoms with E-state index < -0.39 is 0 Å². The zero-order chi connectivity index (χ0) is 20.0. The molecule has 1 unspecified atom stereocenters. The minimum Gasteiger partial charge on any atom is -0.309 e. The van der Waals surface area contributed by atoms with Gasteiger partial charge in [0.05, 0.1) is 11.3 Å². The second kappa shape index (κ2) is 7.15. The van der Waals surface area contributed by atoms with Gasteiger partial charge in [-0.05, 0) is 50.5 Å². The number of aryl methyl sites for hydroxylation is 2. The standard InChI is InChI=1S/C22H21N5OS/c1-14-11-12-16-7-3-6-10-19(16)26(14)20(28)13-29-22-24-18-9-5-4-8-17(18)21-23-15(2)25-27(21)22/h3-10,14H,11-13H2,1-2H3. The van der Waals surface area contributed by atoms with Crippen LogP contribution in [0.4, 0.5) is 5.69 Å². The molecular formula is C22H21N5OS. The molecule has 6 nitrogen and oxygen atoms in total. The predicted molar refractivity (Wildman–Crippen MR) is 115 cm³/mol. The Morgan fingerprint density at radius 1 is 1.14 bits per heavy atom. The fourth-order valence-electron chi connectivity index (χ4n) is 3.99. The van der Waals surface area contributed by atoms with Crippen LogP contribution in [0, 0.1) is 6.92 Å². The number of aromatic nitrogens is 4. The molecule has 5 rings (SSSR count). The lowest BCUT2D eigenvalue weighted by Gasteiger charge is -2.35. The Morgan fingerprint density at radius 2 is 1.93 bits per heavy atom. The van der Waals surface area contributed by atoms with Crippen LogP contribution in [0.2, 0.25) is 0 Å². The molecule has 0 fully saturated rings. The van der Waals surface area contributed by atoms with Crippen molar-refractivity contribution in [3.05, 3.63) is 59.9 Å². The van der Waals surface area contributed by atoms with Crippen molar-refractivity contribution in [3.8, 4) is 0 Å². The van der Waals surface area contributed by atoms with E-state index in [1.165, 1.54) is 17.3 Å². The summed E-state index contributed by atoms with van der Waals surface area (Å²) in [5.41, 5.74) is 3.91. The van der Waals surface area contributed by atoms with E-state index in [0.29, 0.717) is 16.7 Å². The normalized spacial score (nSPS) is 16.3. The maximum absolute atomic E-state index is 13.2. The van der Waals surface area contributed by atoms with Crippen molar-refractivity contribution in [3.63, 3.8) is 0 Å². The van der Waals surface area contributed by atoms with Gasteiger partial charge in [-0.1, -0.05) is 42.1 Å². The third kappa shape index (κ3) is 3.15. The highest BCUT2D eigenvalue weighted by atomic mass is 32.2. The van der Waals surface area contributed by atoms with Gasteiger partial charge in [0.25, 0.3) is 0 Å². The summed E-state index contributed by atoms with van der Waals surface area (Å²) in [6.07, 6.45) is 1.99. The number of benzene rings is 2. The van der Waals surface area contributed by atoms with E-state index in [2.05, 4.69) is 23.1 Å². The van der Waals surface area contributed by atoms with E-state index in [0.717, 1.165) is 35.1 Å². The molecule has 1 amide bonds. The van der Waals surface area contributed by atoms with Gasteiger partial charge >= 0.3 is 0 Å². The van der Waals surface area contributed by atoms with Crippen LogP contribution in [0.3, 0.4) is 0 Å². The highest BCUT2D eigenvalue weighted by Gasteiger charge is 2.28. The second-order valence-electron chi connectivity index (χ2n) is 7.37. The molecule has 146 valence electrons. The van der Waals surface area contributed by atoms with Crippen molar-refractivity contribution in [1.82, 2.24) is 19.6 Å². The first-order chi connectivity index (χ1) is 14.1. The van der Waals surface area contributed by atoms with E-state index in [4.69, 9.17) is 4.98 Å². The monoisotopic (exact) mass is 403 g/mol. The van der Waals surface area contributed by atoms with Gasteiger partial charge in [-0.3, -0.25) is 4.79 Å². The van der Waals surface area contributed by atoms with Gasteiger partial charge in [-0.15, -0.1) is 5.10 Å². The smallest absolute Gasteiger partial charge is 0.237 e. The number of rotatable bonds is 3. The summed E-state index contributed by atoms with van der Waals surface area (Å²) in [5, 5.41) is 6.15. The first kappa shape index (κ1) is 18.1. The number of amides is 1. The molecular weight excluding hydrogens is 382 g/mol. The van der Waals surface area contributed by atoms with Crippen LogP contribution in [0.15, 0.2) is 53.7 Å². The fourth-order valence-corrected chi connectivity index (χ4v) is 4.80. The van der Waals surface area contributed by atoms with Crippen molar-refractivity contribution in [1.29, 1.82) is 0 Å². The van der Waals surface area contributed by atoms with Gasteiger partial charge in [0.15, 0.2) is 10.8 Å². The molecule has 0 radical (unpaired) electrons. The molecule has 0 saturated heterocycles. The number of carbonyl (C=O) groups is 1. The lowest BCUT2D eigenvalue weighted by atomic mass is 9.97. The SMILES string of the molecule is Cc1nc2c3ccccc3nc(SCC(=O)N3c4ccccc4CCC3C)n2n1. The van der Waals surface area contributed by atoms with Gasteiger partial charge in [-0.2, -0.15) is 4.52 Å². The average Bonchev–Trinajstić information content (AvgIpc) is 3.13. The predicted octanol–water partition coefficient (Wildman–Crippen LogP) is 4.05. The number of anilines is 1. The first-order valence-electron chi connectivity index (χ1n) is 9.76. The van der Waals surface area contributed by atoms with Crippen molar-refractivity contribution in [2.75, 3.05) is 10.7 Å². The van der Waals surface area contributed by atoms with Crippen LogP contribution < -0.4 is 4.90 Å². The van der Waals surface area contributed by atoms with Gasteiger partial charge < -0.3 is 4.90 Å². The van der Waals surface area contributed by atoms with Crippen LogP contribution in [-0.2, 0) is 11.2 Å². The summed E-state index contributed by atoms with van der Waals surface area (Å²) in [5.74, 6) is 1.09. The maximum Gasteiger partial charge on any atom is 0.237 e. The van der Waals surface area contributed by atoms with Crippen molar-refractivity contribution in [2.24, 2.45) is 0 Å². The summed E-state index contributed by atoms with van der Waals surface area (Å²) >= 11 is 1.41. The number of thioether (sulfide) groups is 1. The van der Waals surface area contributed by atoms with Gasteiger partial charge in [0.2, 0.25) is 5.91 Å². The Kier molecular flexibility index (Phi) is 4.47. The molecule has 0 N–H and O–H groups in total.